The highest BCUT2D eigenvalue weighted by atomic mass is 79.9. The summed E-state index contributed by atoms with van der Waals surface area (Å²) < 4.78 is 28.0. The van der Waals surface area contributed by atoms with E-state index in [4.69, 9.17) is 0 Å². The summed E-state index contributed by atoms with van der Waals surface area (Å²) in [5, 5.41) is 0. The summed E-state index contributed by atoms with van der Waals surface area (Å²) in [4.78, 5) is 13.7. The standard InChI is InChI=1S/C13H16Br2N2O3S/c1-9-6-11(15)12(7-10(9)14)21(19,20)17-5-3-4-16(2)13(18)8-17/h6-7H,3-5,8H2,1-2H3. The van der Waals surface area contributed by atoms with Crippen molar-refractivity contribution in [3.63, 3.8) is 0 Å². The van der Waals surface area contributed by atoms with E-state index in [0.29, 0.717) is 24.0 Å². The summed E-state index contributed by atoms with van der Waals surface area (Å²) in [6.07, 6.45) is 0.631. The number of likely N-dealkylation sites (N-methyl/N-ethyl adjacent to an activating group) is 1. The molecule has 1 amide bonds. The molecule has 0 bridgehead atoms. The van der Waals surface area contributed by atoms with E-state index in [-0.39, 0.29) is 17.3 Å². The molecule has 0 saturated carbocycles. The molecule has 1 saturated heterocycles. The molecule has 1 aliphatic heterocycles. The Labute approximate surface area is 141 Å². The van der Waals surface area contributed by atoms with Crippen molar-refractivity contribution in [2.24, 2.45) is 0 Å². The second-order valence-corrected chi connectivity index (χ2v) is 8.65. The lowest BCUT2D eigenvalue weighted by atomic mass is 10.2. The predicted octanol–water partition coefficient (Wildman–Crippen LogP) is 2.37. The molecule has 1 heterocycles. The summed E-state index contributed by atoms with van der Waals surface area (Å²) >= 11 is 6.66. The minimum Gasteiger partial charge on any atom is -0.345 e. The first kappa shape index (κ1) is 16.9. The molecule has 1 aromatic rings. The lowest BCUT2D eigenvalue weighted by Gasteiger charge is -2.20. The number of carbonyl (C=O) groups is 1. The Bertz CT molecular complexity index is 676. The average Bonchev–Trinajstić information content (AvgIpc) is 2.57. The third kappa shape index (κ3) is 3.49. The minimum atomic E-state index is -3.70. The maximum Gasteiger partial charge on any atom is 0.244 e. The lowest BCUT2D eigenvalue weighted by molar-refractivity contribution is -0.129. The second-order valence-electron chi connectivity index (χ2n) is 5.04. The van der Waals surface area contributed by atoms with Crippen molar-refractivity contribution in [1.82, 2.24) is 9.21 Å². The molecule has 0 aromatic heterocycles. The Balaban J connectivity index is 2.42. The number of hydrogen-bond acceptors (Lipinski definition) is 3. The largest absolute Gasteiger partial charge is 0.345 e. The zero-order valence-electron chi connectivity index (χ0n) is 11.8. The van der Waals surface area contributed by atoms with Gasteiger partial charge in [-0.1, -0.05) is 15.9 Å². The molecule has 0 aliphatic carbocycles. The molecular weight excluding hydrogens is 424 g/mol. The predicted molar refractivity (Wildman–Crippen MR) is 87.6 cm³/mol. The zero-order valence-corrected chi connectivity index (χ0v) is 15.8. The van der Waals surface area contributed by atoms with E-state index in [2.05, 4.69) is 31.9 Å². The van der Waals surface area contributed by atoms with Crippen LogP contribution in [0.25, 0.3) is 0 Å². The molecule has 1 aliphatic rings. The van der Waals surface area contributed by atoms with Gasteiger partial charge in [0.2, 0.25) is 15.9 Å². The number of rotatable bonds is 2. The lowest BCUT2D eigenvalue weighted by Crippen LogP contribution is -2.38. The molecule has 21 heavy (non-hydrogen) atoms. The second kappa shape index (κ2) is 6.36. The quantitative estimate of drug-likeness (QED) is 0.710. The van der Waals surface area contributed by atoms with E-state index in [9.17, 15) is 13.2 Å². The van der Waals surface area contributed by atoms with E-state index in [1.807, 2.05) is 6.92 Å². The first-order valence-corrected chi connectivity index (χ1v) is 9.46. The number of amides is 1. The molecular formula is C13H16Br2N2O3S. The van der Waals surface area contributed by atoms with Crippen LogP contribution in [0, 0.1) is 6.92 Å². The highest BCUT2D eigenvalue weighted by Crippen LogP contribution is 2.31. The van der Waals surface area contributed by atoms with Gasteiger partial charge in [-0.25, -0.2) is 8.42 Å². The molecule has 0 N–H and O–H groups in total. The van der Waals surface area contributed by atoms with Crippen molar-refractivity contribution in [3.8, 4) is 0 Å². The van der Waals surface area contributed by atoms with E-state index in [1.54, 1.807) is 24.1 Å². The van der Waals surface area contributed by atoms with Gasteiger partial charge in [0.1, 0.15) is 0 Å². The number of carbonyl (C=O) groups excluding carboxylic acids is 1. The normalized spacial score (nSPS) is 17.9. The first-order valence-electron chi connectivity index (χ1n) is 6.43. The number of aryl methyl sites for hydroxylation is 1. The monoisotopic (exact) mass is 438 g/mol. The molecule has 2 rings (SSSR count). The summed E-state index contributed by atoms with van der Waals surface area (Å²) in [7, 11) is -2.01. The van der Waals surface area contributed by atoms with E-state index in [0.717, 1.165) is 10.0 Å². The van der Waals surface area contributed by atoms with Crippen LogP contribution in [0.1, 0.15) is 12.0 Å². The number of benzene rings is 1. The molecule has 1 fully saturated rings. The van der Waals surface area contributed by atoms with Gasteiger partial charge >= 0.3 is 0 Å². The Kier molecular flexibility index (Phi) is 5.12. The van der Waals surface area contributed by atoms with Crippen LogP contribution in [0.15, 0.2) is 26.0 Å². The van der Waals surface area contributed by atoms with Crippen molar-refractivity contribution in [3.05, 3.63) is 26.6 Å². The molecule has 8 heteroatoms. The van der Waals surface area contributed by atoms with Crippen molar-refractivity contribution >= 4 is 47.8 Å². The fourth-order valence-corrected chi connectivity index (χ4v) is 5.20. The third-order valence-electron chi connectivity index (χ3n) is 3.47. The Morgan fingerprint density at radius 1 is 1.14 bits per heavy atom. The molecule has 0 unspecified atom stereocenters. The van der Waals surface area contributed by atoms with Gasteiger partial charge in [-0.05, 0) is 47.0 Å². The fraction of sp³-hybridized carbons (Fsp3) is 0.462. The number of nitrogens with zero attached hydrogens (tertiary/aromatic N) is 2. The van der Waals surface area contributed by atoms with Crippen LogP contribution in [-0.2, 0) is 14.8 Å². The van der Waals surface area contributed by atoms with Crippen LogP contribution in [0.5, 0.6) is 0 Å². The third-order valence-corrected chi connectivity index (χ3v) is 7.13. The van der Waals surface area contributed by atoms with Crippen LogP contribution in [-0.4, -0.2) is 50.2 Å². The fourth-order valence-electron chi connectivity index (χ4n) is 2.13. The number of sulfonamides is 1. The Hall–Kier alpha value is -0.440. The van der Waals surface area contributed by atoms with Crippen molar-refractivity contribution in [2.75, 3.05) is 26.7 Å². The molecule has 116 valence electrons. The van der Waals surface area contributed by atoms with Gasteiger partial charge in [-0.2, -0.15) is 4.31 Å². The van der Waals surface area contributed by atoms with Crippen molar-refractivity contribution in [1.29, 1.82) is 0 Å². The zero-order chi connectivity index (χ0) is 15.8. The molecule has 0 atom stereocenters. The topological polar surface area (TPSA) is 57.7 Å². The van der Waals surface area contributed by atoms with Gasteiger partial charge in [-0.3, -0.25) is 4.79 Å². The summed E-state index contributed by atoms with van der Waals surface area (Å²) in [5.74, 6) is -0.182. The van der Waals surface area contributed by atoms with Crippen LogP contribution in [0.3, 0.4) is 0 Å². The van der Waals surface area contributed by atoms with Crippen LogP contribution < -0.4 is 0 Å². The summed E-state index contributed by atoms with van der Waals surface area (Å²) in [6, 6.07) is 3.33. The van der Waals surface area contributed by atoms with Crippen LogP contribution in [0.2, 0.25) is 0 Å². The SMILES string of the molecule is Cc1cc(Br)c(S(=O)(=O)N2CCCN(C)C(=O)C2)cc1Br. The molecule has 0 radical (unpaired) electrons. The minimum absolute atomic E-state index is 0.114. The summed E-state index contributed by atoms with van der Waals surface area (Å²) in [6.45, 7) is 2.69. The smallest absolute Gasteiger partial charge is 0.244 e. The van der Waals surface area contributed by atoms with Crippen molar-refractivity contribution in [2.45, 2.75) is 18.2 Å². The van der Waals surface area contributed by atoms with Gasteiger partial charge in [0.15, 0.2) is 0 Å². The molecule has 5 nitrogen and oxygen atoms in total. The highest BCUT2D eigenvalue weighted by Gasteiger charge is 2.31. The van der Waals surface area contributed by atoms with Gasteiger partial charge in [0.05, 0.1) is 11.4 Å². The van der Waals surface area contributed by atoms with Gasteiger partial charge < -0.3 is 4.90 Å². The van der Waals surface area contributed by atoms with E-state index in [1.165, 1.54) is 4.31 Å². The van der Waals surface area contributed by atoms with E-state index >= 15 is 0 Å². The van der Waals surface area contributed by atoms with E-state index < -0.39 is 10.0 Å². The van der Waals surface area contributed by atoms with Crippen LogP contribution in [0.4, 0.5) is 0 Å². The van der Waals surface area contributed by atoms with Crippen LogP contribution >= 0.6 is 31.9 Å². The van der Waals surface area contributed by atoms with Gasteiger partial charge in [0.25, 0.3) is 0 Å². The Morgan fingerprint density at radius 3 is 2.48 bits per heavy atom. The van der Waals surface area contributed by atoms with Gasteiger partial charge in [0, 0.05) is 29.1 Å². The number of hydrogen-bond donors (Lipinski definition) is 0. The number of halogens is 2. The Morgan fingerprint density at radius 2 is 1.81 bits per heavy atom. The van der Waals surface area contributed by atoms with Gasteiger partial charge in [-0.15, -0.1) is 0 Å². The first-order chi connectivity index (χ1) is 9.73. The maximum absolute atomic E-state index is 12.8. The molecule has 0 spiro atoms. The summed E-state index contributed by atoms with van der Waals surface area (Å²) in [5.41, 5.74) is 0.938. The molecule has 1 aromatic carbocycles. The maximum atomic E-state index is 12.8. The highest BCUT2D eigenvalue weighted by molar-refractivity contribution is 9.11. The van der Waals surface area contributed by atoms with Crippen molar-refractivity contribution < 1.29 is 13.2 Å². The average molecular weight is 440 g/mol.